The van der Waals surface area contributed by atoms with E-state index in [1.54, 1.807) is 6.07 Å². The van der Waals surface area contributed by atoms with Crippen molar-refractivity contribution < 1.29 is 76.8 Å². The van der Waals surface area contributed by atoms with Crippen molar-refractivity contribution in [2.75, 3.05) is 0 Å². The molecule has 0 saturated heterocycles. The van der Waals surface area contributed by atoms with Crippen molar-refractivity contribution in [2.24, 2.45) is 0 Å². The molecule has 0 fully saturated rings. The molecule has 0 spiro atoms. The van der Waals surface area contributed by atoms with Gasteiger partial charge in [0.1, 0.15) is 0 Å². The van der Waals surface area contributed by atoms with Gasteiger partial charge in [-0.15, -0.1) is 12.1 Å². The zero-order valence-electron chi connectivity index (χ0n) is 12.5. The van der Waals surface area contributed by atoms with Gasteiger partial charge in [-0.2, -0.15) is 12.1 Å². The number of ether oxygens (including phenoxy) is 1. The first kappa shape index (κ1) is 21.7. The second-order valence-corrected chi connectivity index (χ2v) is 5.96. The first-order valence-corrected chi connectivity index (χ1v) is 7.75. The Bertz CT molecular complexity index is 558. The second kappa shape index (κ2) is 10.4. The zero-order chi connectivity index (χ0) is 13.7. The summed E-state index contributed by atoms with van der Waals surface area (Å²) in [6.45, 7) is 0. The fraction of sp³-hybridized carbons (Fsp3) is 0.429. The van der Waals surface area contributed by atoms with Crippen LogP contribution in [0, 0.1) is 6.07 Å². The van der Waals surface area contributed by atoms with E-state index in [0.29, 0.717) is 5.75 Å². The molecule has 0 aliphatic heterocycles. The Morgan fingerprint density at radius 3 is 2.57 bits per heavy atom. The zero-order valence-corrected chi connectivity index (χ0v) is 17.4. The summed E-state index contributed by atoms with van der Waals surface area (Å²) < 4.78 is 38.6. The molecule has 104 valence electrons. The number of rotatable bonds is 3. The molecule has 1 aliphatic rings. The third kappa shape index (κ3) is 7.66. The van der Waals surface area contributed by atoms with Crippen molar-refractivity contribution in [2.45, 2.75) is 43.1 Å². The summed E-state index contributed by atoms with van der Waals surface area (Å²) in [7, 11) is -4.45. The SMILES string of the molecule is O=S(=O)([O-])c1c[c-]cc(OC2CC/C=C/CCC2)c1.[Na+].[Na+]. The van der Waals surface area contributed by atoms with E-state index in [2.05, 4.69) is 18.2 Å². The second-order valence-electron chi connectivity index (χ2n) is 4.58. The summed E-state index contributed by atoms with van der Waals surface area (Å²) >= 11 is 0. The van der Waals surface area contributed by atoms with Crippen molar-refractivity contribution in [3.05, 3.63) is 36.4 Å². The normalized spacial score (nSPS) is 20.1. The van der Waals surface area contributed by atoms with Crippen LogP contribution in [0.2, 0.25) is 0 Å². The molecule has 1 aromatic carbocycles. The van der Waals surface area contributed by atoms with Crippen LogP contribution in [0.25, 0.3) is 0 Å². The van der Waals surface area contributed by atoms with Crippen LogP contribution >= 0.6 is 0 Å². The fourth-order valence-corrected chi connectivity index (χ4v) is 2.55. The van der Waals surface area contributed by atoms with E-state index in [-0.39, 0.29) is 70.1 Å². The summed E-state index contributed by atoms with van der Waals surface area (Å²) in [5, 5.41) is 0. The molecule has 4 nitrogen and oxygen atoms in total. The van der Waals surface area contributed by atoms with Gasteiger partial charge >= 0.3 is 59.1 Å². The maximum absolute atomic E-state index is 10.9. The monoisotopic (exact) mass is 326 g/mol. The van der Waals surface area contributed by atoms with E-state index >= 15 is 0 Å². The average Bonchev–Trinajstić information content (AvgIpc) is 2.32. The molecule has 2 rings (SSSR count). The number of benzene rings is 1. The predicted octanol–water partition coefficient (Wildman–Crippen LogP) is -3.33. The standard InChI is InChI=1S/C14H17O4S.2Na/c15-19(16,17)14-10-6-9-13(11-14)18-12-7-4-2-1-3-5-8-12;;/h1-2,9-12H,3-5,7-8H2,(H,15,16,17);;/q-1;2*+1/p-1/b2-1+;;. The molecule has 0 heterocycles. The molecule has 0 bridgehead atoms. The Labute approximate surface area is 170 Å². The van der Waals surface area contributed by atoms with E-state index in [1.807, 2.05) is 0 Å². The topological polar surface area (TPSA) is 66.4 Å². The third-order valence-corrected chi connectivity index (χ3v) is 3.86. The molecular formula is C14H16Na2O4S. The Morgan fingerprint density at radius 2 is 1.86 bits per heavy atom. The van der Waals surface area contributed by atoms with E-state index in [9.17, 15) is 13.0 Å². The van der Waals surface area contributed by atoms with Gasteiger partial charge < -0.3 is 9.29 Å². The van der Waals surface area contributed by atoms with Gasteiger partial charge in [0.25, 0.3) is 0 Å². The van der Waals surface area contributed by atoms with Crippen LogP contribution in [-0.4, -0.2) is 19.1 Å². The van der Waals surface area contributed by atoms with Gasteiger partial charge in [-0.3, -0.25) is 8.42 Å². The fourth-order valence-electron chi connectivity index (χ4n) is 2.08. The molecule has 0 radical (unpaired) electrons. The van der Waals surface area contributed by atoms with Gasteiger partial charge in [-0.05, 0) is 32.1 Å². The van der Waals surface area contributed by atoms with Crippen LogP contribution in [0.4, 0.5) is 0 Å². The van der Waals surface area contributed by atoms with E-state index in [4.69, 9.17) is 4.74 Å². The molecule has 1 aromatic rings. The molecular weight excluding hydrogens is 310 g/mol. The van der Waals surface area contributed by atoms with Gasteiger partial charge in [0.2, 0.25) is 0 Å². The Morgan fingerprint density at radius 1 is 1.14 bits per heavy atom. The van der Waals surface area contributed by atoms with Gasteiger partial charge in [0.15, 0.2) is 0 Å². The van der Waals surface area contributed by atoms with E-state index < -0.39 is 10.1 Å². The first-order chi connectivity index (χ1) is 9.05. The summed E-state index contributed by atoms with van der Waals surface area (Å²) in [6, 6.07) is 6.63. The minimum Gasteiger partial charge on any atom is -0.754 e. The van der Waals surface area contributed by atoms with Crippen LogP contribution < -0.4 is 63.9 Å². The average molecular weight is 326 g/mol. The Hall–Kier alpha value is 0.670. The van der Waals surface area contributed by atoms with Gasteiger partial charge in [-0.1, -0.05) is 17.0 Å². The van der Waals surface area contributed by atoms with Crippen LogP contribution in [0.5, 0.6) is 5.75 Å². The Kier molecular flexibility index (Phi) is 10.8. The van der Waals surface area contributed by atoms with Gasteiger partial charge in [0.05, 0.1) is 16.2 Å². The quantitative estimate of drug-likeness (QED) is 0.252. The summed E-state index contributed by atoms with van der Waals surface area (Å²) in [6.07, 6.45) is 9.24. The van der Waals surface area contributed by atoms with Crippen molar-refractivity contribution in [1.29, 1.82) is 0 Å². The molecule has 0 amide bonds. The van der Waals surface area contributed by atoms with Crippen molar-refractivity contribution in [3.8, 4) is 5.75 Å². The molecule has 0 saturated carbocycles. The van der Waals surface area contributed by atoms with Gasteiger partial charge in [0, 0.05) is 5.75 Å². The molecule has 1 unspecified atom stereocenters. The van der Waals surface area contributed by atoms with Crippen molar-refractivity contribution >= 4 is 10.1 Å². The molecule has 1 aliphatic carbocycles. The van der Waals surface area contributed by atoms with Gasteiger partial charge in [-0.25, -0.2) is 0 Å². The summed E-state index contributed by atoms with van der Waals surface area (Å²) in [5.41, 5.74) is 0. The predicted molar refractivity (Wildman–Crippen MR) is 69.9 cm³/mol. The Balaban J connectivity index is 0.00000200. The molecule has 21 heavy (non-hydrogen) atoms. The van der Waals surface area contributed by atoms with Crippen LogP contribution in [0.15, 0.2) is 35.2 Å². The molecule has 7 heteroatoms. The number of hydrogen-bond donors (Lipinski definition) is 0. The summed E-state index contributed by atoms with van der Waals surface area (Å²) in [4.78, 5) is -0.296. The largest absolute Gasteiger partial charge is 1.00 e. The number of allylic oxidation sites excluding steroid dienone is 2. The summed E-state index contributed by atoms with van der Waals surface area (Å²) in [5.74, 6) is 0.395. The molecule has 0 N–H and O–H groups in total. The van der Waals surface area contributed by atoms with Crippen LogP contribution in [-0.2, 0) is 10.1 Å². The molecule has 0 aromatic heterocycles. The number of hydrogen-bond acceptors (Lipinski definition) is 4. The third-order valence-electron chi connectivity index (χ3n) is 3.05. The maximum Gasteiger partial charge on any atom is 1.00 e. The minimum absolute atomic E-state index is 0. The van der Waals surface area contributed by atoms with E-state index in [0.717, 1.165) is 38.2 Å². The van der Waals surface area contributed by atoms with Crippen LogP contribution in [0.1, 0.15) is 32.1 Å². The van der Waals surface area contributed by atoms with Crippen molar-refractivity contribution in [1.82, 2.24) is 0 Å². The van der Waals surface area contributed by atoms with Crippen LogP contribution in [0.3, 0.4) is 0 Å². The minimum atomic E-state index is -4.45. The van der Waals surface area contributed by atoms with Crippen molar-refractivity contribution in [3.63, 3.8) is 0 Å². The molecule has 1 atom stereocenters. The smallest absolute Gasteiger partial charge is 0.754 e. The van der Waals surface area contributed by atoms with E-state index in [1.165, 1.54) is 6.07 Å². The first-order valence-electron chi connectivity index (χ1n) is 6.34. The maximum atomic E-state index is 10.9.